The van der Waals surface area contributed by atoms with Gasteiger partial charge in [0.05, 0.1) is 0 Å². The van der Waals surface area contributed by atoms with Crippen LogP contribution in [0.15, 0.2) is 0 Å². The molecular weight excluding hydrogens is 124 g/mol. The van der Waals surface area contributed by atoms with Crippen LogP contribution in [0.25, 0.3) is 0 Å². The lowest BCUT2D eigenvalue weighted by atomic mass is 10.4. The fraction of sp³-hybridized carbons (Fsp3) is 1.00. The second-order valence-electron chi connectivity index (χ2n) is 2.36. The zero-order valence-corrected chi connectivity index (χ0v) is 5.71. The van der Waals surface area contributed by atoms with Gasteiger partial charge in [0.15, 0.2) is 0 Å². The van der Waals surface area contributed by atoms with Crippen LogP contribution in [-0.4, -0.2) is 16.8 Å². The number of fused-ring (bicyclic) bond motifs is 1. The van der Waals surface area contributed by atoms with Gasteiger partial charge in [0.1, 0.15) is 0 Å². The van der Waals surface area contributed by atoms with Gasteiger partial charge in [-0.3, -0.25) is 0 Å². The van der Waals surface area contributed by atoms with Crippen LogP contribution in [0.1, 0.15) is 0 Å². The largest absolute Gasteiger partial charge is 0.175 e. The first-order chi connectivity index (χ1) is 3.39. The molecule has 1 aliphatic heterocycles. The molecule has 1 aliphatic carbocycles. The summed E-state index contributed by atoms with van der Waals surface area (Å²) in [7, 11) is 0. The van der Waals surface area contributed by atoms with E-state index in [2.05, 4.69) is 24.4 Å². The molecule has 2 aliphatic rings. The third-order valence-electron chi connectivity index (χ3n) is 1.91. The molecule has 7 heavy (non-hydrogen) atoms. The van der Waals surface area contributed by atoms with Crippen molar-refractivity contribution in [3.8, 4) is 0 Å². The molecule has 2 rings (SSSR count). The highest BCUT2D eigenvalue weighted by molar-refractivity contribution is 7.99. The van der Waals surface area contributed by atoms with Crippen LogP contribution in [0.2, 0.25) is 0 Å². The Kier molecular flexibility index (Phi) is 0.880. The van der Waals surface area contributed by atoms with E-state index in [9.17, 15) is 0 Å². The van der Waals surface area contributed by atoms with Crippen LogP contribution in [-0.2, 0) is 0 Å². The van der Waals surface area contributed by atoms with E-state index in [0.717, 1.165) is 17.1 Å². The van der Waals surface area contributed by atoms with Gasteiger partial charge < -0.3 is 0 Å². The van der Waals surface area contributed by atoms with Crippen molar-refractivity contribution in [2.45, 2.75) is 5.25 Å². The molecule has 0 nitrogen and oxygen atoms in total. The van der Waals surface area contributed by atoms with Gasteiger partial charge in [-0.25, -0.2) is 0 Å². The SMILES string of the molecule is SC1C2CSCC12. The topological polar surface area (TPSA) is 0 Å². The molecule has 0 radical (unpaired) electrons. The van der Waals surface area contributed by atoms with Crippen LogP contribution < -0.4 is 0 Å². The Morgan fingerprint density at radius 1 is 1.29 bits per heavy atom. The summed E-state index contributed by atoms with van der Waals surface area (Å²) in [6, 6.07) is 0. The minimum absolute atomic E-state index is 0.793. The summed E-state index contributed by atoms with van der Waals surface area (Å²) in [5.74, 6) is 4.79. The summed E-state index contributed by atoms with van der Waals surface area (Å²) in [5, 5.41) is 0.793. The van der Waals surface area contributed by atoms with Crippen molar-refractivity contribution in [2.75, 3.05) is 11.5 Å². The minimum atomic E-state index is 0.793. The average molecular weight is 132 g/mol. The molecule has 2 unspecified atom stereocenters. The lowest BCUT2D eigenvalue weighted by Gasteiger charge is -1.89. The molecule has 2 heteroatoms. The molecule has 0 aromatic rings. The van der Waals surface area contributed by atoms with Crippen molar-refractivity contribution in [1.29, 1.82) is 0 Å². The fourth-order valence-electron chi connectivity index (χ4n) is 1.21. The smallest absolute Gasteiger partial charge is 0.00957 e. The van der Waals surface area contributed by atoms with E-state index in [1.54, 1.807) is 0 Å². The molecule has 0 aromatic carbocycles. The van der Waals surface area contributed by atoms with Gasteiger partial charge in [-0.2, -0.15) is 24.4 Å². The minimum Gasteiger partial charge on any atom is -0.175 e. The van der Waals surface area contributed by atoms with Crippen molar-refractivity contribution in [2.24, 2.45) is 11.8 Å². The molecule has 0 bridgehead atoms. The zero-order chi connectivity index (χ0) is 4.85. The molecule has 1 saturated carbocycles. The zero-order valence-electron chi connectivity index (χ0n) is 4.00. The second-order valence-corrected chi connectivity index (χ2v) is 4.03. The van der Waals surface area contributed by atoms with E-state index in [1.165, 1.54) is 11.5 Å². The maximum absolute atomic E-state index is 4.39. The summed E-state index contributed by atoms with van der Waals surface area (Å²) in [5.41, 5.74) is 0. The molecule has 1 saturated heterocycles. The molecule has 0 amide bonds. The van der Waals surface area contributed by atoms with Crippen LogP contribution in [0.3, 0.4) is 0 Å². The summed E-state index contributed by atoms with van der Waals surface area (Å²) in [4.78, 5) is 0. The fourth-order valence-corrected chi connectivity index (χ4v) is 3.64. The van der Waals surface area contributed by atoms with Crippen LogP contribution in [0.5, 0.6) is 0 Å². The monoisotopic (exact) mass is 132 g/mol. The van der Waals surface area contributed by atoms with E-state index >= 15 is 0 Å². The molecular formula is C5H8S2. The number of rotatable bonds is 0. The van der Waals surface area contributed by atoms with Crippen molar-refractivity contribution < 1.29 is 0 Å². The molecule has 2 fully saturated rings. The average Bonchev–Trinajstić information content (AvgIpc) is 2.26. The van der Waals surface area contributed by atoms with Crippen LogP contribution in [0.4, 0.5) is 0 Å². The number of thiol groups is 1. The standard InChI is InChI=1S/C5H8S2/c6-5-3-1-7-2-4(3)5/h3-6H,1-2H2. The van der Waals surface area contributed by atoms with E-state index in [-0.39, 0.29) is 0 Å². The highest BCUT2D eigenvalue weighted by Gasteiger charge is 2.50. The Labute approximate surface area is 53.5 Å². The highest BCUT2D eigenvalue weighted by atomic mass is 32.2. The second kappa shape index (κ2) is 1.35. The first kappa shape index (κ1) is 4.57. The van der Waals surface area contributed by atoms with Gasteiger partial charge in [-0.05, 0) is 23.3 Å². The Bertz CT molecular complexity index is 82.1. The summed E-state index contributed by atoms with van der Waals surface area (Å²) in [6.45, 7) is 0. The molecule has 0 aromatic heterocycles. The van der Waals surface area contributed by atoms with E-state index in [1.807, 2.05) is 0 Å². The normalized spacial score (nSPS) is 57.0. The molecule has 2 atom stereocenters. The highest BCUT2D eigenvalue weighted by Crippen LogP contribution is 2.52. The van der Waals surface area contributed by atoms with Gasteiger partial charge in [-0.1, -0.05) is 0 Å². The van der Waals surface area contributed by atoms with Crippen LogP contribution in [0, 0.1) is 11.8 Å². The lowest BCUT2D eigenvalue weighted by Crippen LogP contribution is -1.84. The van der Waals surface area contributed by atoms with Gasteiger partial charge in [-0.15, -0.1) is 0 Å². The quantitative estimate of drug-likeness (QED) is 0.484. The lowest BCUT2D eigenvalue weighted by molar-refractivity contribution is 0.895. The number of hydrogen-bond acceptors (Lipinski definition) is 2. The Morgan fingerprint density at radius 3 is 2.14 bits per heavy atom. The Hall–Kier alpha value is 0.700. The van der Waals surface area contributed by atoms with Gasteiger partial charge in [0.2, 0.25) is 0 Å². The predicted octanol–water partition coefficient (Wildman–Crippen LogP) is 1.28. The Morgan fingerprint density at radius 2 is 1.86 bits per heavy atom. The maximum Gasteiger partial charge on any atom is 0.00957 e. The van der Waals surface area contributed by atoms with Crippen LogP contribution >= 0.6 is 24.4 Å². The summed E-state index contributed by atoms with van der Waals surface area (Å²) in [6.07, 6.45) is 0. The first-order valence-corrected chi connectivity index (χ1v) is 4.32. The molecule has 40 valence electrons. The van der Waals surface area contributed by atoms with Crippen molar-refractivity contribution >= 4 is 24.4 Å². The van der Waals surface area contributed by atoms with Crippen molar-refractivity contribution in [3.05, 3.63) is 0 Å². The predicted molar refractivity (Wildman–Crippen MR) is 37.1 cm³/mol. The third kappa shape index (κ3) is 0.531. The number of hydrogen-bond donors (Lipinski definition) is 1. The molecule has 0 spiro atoms. The molecule has 0 N–H and O–H groups in total. The number of thioether (sulfide) groups is 1. The summed E-state index contributed by atoms with van der Waals surface area (Å²) >= 11 is 6.47. The van der Waals surface area contributed by atoms with E-state index in [4.69, 9.17) is 0 Å². The van der Waals surface area contributed by atoms with Crippen molar-refractivity contribution in [3.63, 3.8) is 0 Å². The first-order valence-electron chi connectivity index (χ1n) is 2.65. The third-order valence-corrected chi connectivity index (χ3v) is 3.91. The maximum atomic E-state index is 4.39. The van der Waals surface area contributed by atoms with Gasteiger partial charge >= 0.3 is 0 Å². The summed E-state index contributed by atoms with van der Waals surface area (Å²) < 4.78 is 0. The van der Waals surface area contributed by atoms with E-state index < -0.39 is 0 Å². The van der Waals surface area contributed by atoms with Gasteiger partial charge in [0.25, 0.3) is 0 Å². The van der Waals surface area contributed by atoms with Crippen molar-refractivity contribution in [1.82, 2.24) is 0 Å². The van der Waals surface area contributed by atoms with Gasteiger partial charge in [0, 0.05) is 5.25 Å². The Balaban J connectivity index is 2.06. The van der Waals surface area contributed by atoms with E-state index in [0.29, 0.717) is 0 Å². The molecule has 1 heterocycles.